The fourth-order valence-electron chi connectivity index (χ4n) is 4.47. The average molecular weight is 482 g/mol. The molecule has 178 valence electrons. The Balaban J connectivity index is 1.28. The Morgan fingerprint density at radius 1 is 1.06 bits per heavy atom. The molecule has 2 saturated heterocycles. The van der Waals surface area contributed by atoms with Crippen molar-refractivity contribution in [2.45, 2.75) is 24.8 Å². The number of aryl methyl sites for hydroxylation is 1. The van der Waals surface area contributed by atoms with Gasteiger partial charge in [-0.25, -0.2) is 28.4 Å². The summed E-state index contributed by atoms with van der Waals surface area (Å²) in [6, 6.07) is 9.09. The first kappa shape index (κ1) is 22.6. The van der Waals surface area contributed by atoms with E-state index in [0.717, 1.165) is 38.3 Å². The molecule has 3 aromatic rings. The smallest absolute Gasteiger partial charge is 0.179 e. The molecule has 5 rings (SSSR count). The molecule has 2 fully saturated rings. The van der Waals surface area contributed by atoms with Crippen molar-refractivity contribution in [1.29, 1.82) is 0 Å². The van der Waals surface area contributed by atoms with Crippen molar-refractivity contribution in [1.82, 2.24) is 24.8 Å². The molecule has 1 unspecified atom stereocenters. The summed E-state index contributed by atoms with van der Waals surface area (Å²) in [6.07, 6.45) is 4.05. The second-order valence-corrected chi connectivity index (χ2v) is 11.1. The van der Waals surface area contributed by atoms with E-state index in [1.54, 1.807) is 12.1 Å². The van der Waals surface area contributed by atoms with Gasteiger partial charge in [-0.1, -0.05) is 6.07 Å². The third-order valence-corrected chi connectivity index (χ3v) is 7.49. The molecule has 2 aliphatic heterocycles. The van der Waals surface area contributed by atoms with Crippen molar-refractivity contribution in [2.24, 2.45) is 5.41 Å². The fourth-order valence-corrected chi connectivity index (χ4v) is 5.25. The average Bonchev–Trinajstić information content (AvgIpc) is 2.71. The molecule has 5 heterocycles. The van der Waals surface area contributed by atoms with Crippen molar-refractivity contribution < 1.29 is 13.2 Å². The number of hydrogen-bond acceptors (Lipinski definition) is 10. The van der Waals surface area contributed by atoms with E-state index in [4.69, 9.17) is 9.72 Å². The molecule has 0 radical (unpaired) electrons. The number of likely N-dealkylation sites (tertiary alicyclic amines) is 1. The van der Waals surface area contributed by atoms with Crippen LogP contribution in [0.2, 0.25) is 0 Å². The van der Waals surface area contributed by atoms with Gasteiger partial charge in [0.25, 0.3) is 0 Å². The maximum absolute atomic E-state index is 12.0. The summed E-state index contributed by atoms with van der Waals surface area (Å²) in [7, 11) is -3.44. The van der Waals surface area contributed by atoms with Crippen molar-refractivity contribution in [3.8, 4) is 0 Å². The second kappa shape index (κ2) is 8.57. The van der Waals surface area contributed by atoms with Crippen LogP contribution in [0.3, 0.4) is 0 Å². The van der Waals surface area contributed by atoms with Crippen molar-refractivity contribution in [2.75, 3.05) is 43.2 Å². The summed E-state index contributed by atoms with van der Waals surface area (Å²) >= 11 is 0. The summed E-state index contributed by atoms with van der Waals surface area (Å²) in [5.41, 5.74) is 2.55. The Morgan fingerprint density at radius 3 is 2.44 bits per heavy atom. The van der Waals surface area contributed by atoms with Crippen LogP contribution in [-0.4, -0.2) is 65.8 Å². The highest BCUT2D eigenvalue weighted by atomic mass is 32.2. The normalized spacial score (nSPS) is 18.1. The van der Waals surface area contributed by atoms with Crippen LogP contribution in [0.15, 0.2) is 47.8 Å². The molecule has 10 nitrogen and oxygen atoms in total. The highest BCUT2D eigenvalue weighted by molar-refractivity contribution is 7.90. The van der Waals surface area contributed by atoms with Crippen molar-refractivity contribution in [3.05, 3.63) is 54.1 Å². The molecule has 2 aliphatic rings. The summed E-state index contributed by atoms with van der Waals surface area (Å²) in [5.74, 6) is 1.81. The number of nitrogens with one attached hydrogen (secondary N) is 2. The van der Waals surface area contributed by atoms with Crippen LogP contribution >= 0.6 is 0 Å². The van der Waals surface area contributed by atoms with Gasteiger partial charge in [0, 0.05) is 48.8 Å². The van der Waals surface area contributed by atoms with E-state index in [2.05, 4.69) is 43.5 Å². The van der Waals surface area contributed by atoms with Gasteiger partial charge in [-0.2, -0.15) is 0 Å². The van der Waals surface area contributed by atoms with E-state index in [-0.39, 0.29) is 10.7 Å². The Hall–Kier alpha value is -3.15. The minimum Gasteiger partial charge on any atom is -0.380 e. The van der Waals surface area contributed by atoms with Crippen LogP contribution < -0.4 is 10.6 Å². The lowest BCUT2D eigenvalue weighted by molar-refractivity contribution is -0.197. The number of anilines is 4. The molecular formula is C23H27N7O3S. The summed E-state index contributed by atoms with van der Waals surface area (Å²) in [6.45, 7) is 8.13. The predicted octanol–water partition coefficient (Wildman–Crippen LogP) is 2.86. The molecule has 0 bridgehead atoms. The van der Waals surface area contributed by atoms with Gasteiger partial charge in [0.05, 0.1) is 13.2 Å². The second-order valence-electron chi connectivity index (χ2n) is 9.11. The van der Waals surface area contributed by atoms with Gasteiger partial charge >= 0.3 is 0 Å². The van der Waals surface area contributed by atoms with E-state index in [1.807, 2.05) is 13.0 Å². The number of rotatable bonds is 7. The van der Waals surface area contributed by atoms with Crippen LogP contribution in [0.5, 0.6) is 0 Å². The first-order valence-electron chi connectivity index (χ1n) is 11.0. The Labute approximate surface area is 198 Å². The predicted molar refractivity (Wildman–Crippen MR) is 128 cm³/mol. The maximum Gasteiger partial charge on any atom is 0.179 e. The lowest BCUT2D eigenvalue weighted by atomic mass is 9.76. The highest BCUT2D eigenvalue weighted by Gasteiger charge is 2.50. The van der Waals surface area contributed by atoms with Gasteiger partial charge in [-0.15, -0.1) is 0 Å². The molecule has 0 amide bonds. The number of hydrogen-bond donors (Lipinski definition) is 2. The number of sulfone groups is 1. The molecule has 34 heavy (non-hydrogen) atoms. The fraction of sp³-hybridized carbons (Fsp3) is 0.391. The largest absolute Gasteiger partial charge is 0.380 e. The van der Waals surface area contributed by atoms with Gasteiger partial charge in [-0.3, -0.25) is 4.90 Å². The van der Waals surface area contributed by atoms with E-state index in [0.29, 0.717) is 28.9 Å². The first-order chi connectivity index (χ1) is 16.2. The molecule has 0 aromatic carbocycles. The molecule has 2 N–H and O–H groups in total. The lowest BCUT2D eigenvalue weighted by Crippen LogP contribution is -2.66. The third-order valence-electron chi connectivity index (χ3n) is 6.36. The molecule has 0 aliphatic carbocycles. The zero-order chi connectivity index (χ0) is 23.9. The topological polar surface area (TPSA) is 122 Å². The van der Waals surface area contributed by atoms with Gasteiger partial charge in [-0.05, 0) is 37.6 Å². The Morgan fingerprint density at radius 2 is 1.79 bits per heavy atom. The zero-order valence-corrected chi connectivity index (χ0v) is 20.1. The van der Waals surface area contributed by atoms with Crippen LogP contribution in [-0.2, 0) is 14.6 Å². The third kappa shape index (κ3) is 4.46. The number of aromatic nitrogens is 4. The monoisotopic (exact) mass is 481 g/mol. The standard InChI is InChI=1S/C23H27N7O3S/c1-15-17(16(2)30-10-23(11-30)12-33-13-23)6-7-19(27-15)28-20-9-21(26-14-25-20)29-22-18(34(3,31)32)5-4-8-24-22/h4-9,14,16H,10-13H2,1-3H3,(H2,24,25,26,27,28,29). The molecule has 11 heteroatoms. The Bertz CT molecular complexity index is 1320. The first-order valence-corrected chi connectivity index (χ1v) is 12.9. The highest BCUT2D eigenvalue weighted by Crippen LogP contribution is 2.42. The molecule has 1 atom stereocenters. The van der Waals surface area contributed by atoms with E-state index < -0.39 is 9.84 Å². The van der Waals surface area contributed by atoms with Crippen LogP contribution in [0.4, 0.5) is 23.3 Å². The SMILES string of the molecule is Cc1nc(Nc2cc(Nc3ncccc3S(C)(=O)=O)ncn2)ccc1C(C)N1CC2(COC2)C1. The summed E-state index contributed by atoms with van der Waals surface area (Å²) in [5, 5.41) is 6.17. The maximum atomic E-state index is 12.0. The zero-order valence-electron chi connectivity index (χ0n) is 19.3. The van der Waals surface area contributed by atoms with E-state index >= 15 is 0 Å². The van der Waals surface area contributed by atoms with Gasteiger partial charge in [0.1, 0.15) is 34.5 Å². The lowest BCUT2D eigenvalue weighted by Gasteiger charge is -2.57. The number of pyridine rings is 2. The molecule has 3 aromatic heterocycles. The number of nitrogens with zero attached hydrogens (tertiary/aromatic N) is 5. The quantitative estimate of drug-likeness (QED) is 0.521. The minimum atomic E-state index is -3.44. The van der Waals surface area contributed by atoms with Crippen LogP contribution in [0, 0.1) is 12.3 Å². The van der Waals surface area contributed by atoms with E-state index in [9.17, 15) is 8.42 Å². The number of ether oxygens (including phenoxy) is 1. The van der Waals surface area contributed by atoms with Gasteiger partial charge in [0.2, 0.25) is 0 Å². The summed E-state index contributed by atoms with van der Waals surface area (Å²) < 4.78 is 29.4. The van der Waals surface area contributed by atoms with Crippen molar-refractivity contribution in [3.63, 3.8) is 0 Å². The molecule has 0 saturated carbocycles. The Kier molecular flexibility index (Phi) is 5.70. The molecular weight excluding hydrogens is 454 g/mol. The minimum absolute atomic E-state index is 0.100. The summed E-state index contributed by atoms with van der Waals surface area (Å²) in [4.78, 5) is 19.9. The van der Waals surface area contributed by atoms with Gasteiger partial charge in [0.15, 0.2) is 9.84 Å². The van der Waals surface area contributed by atoms with Crippen LogP contribution in [0.1, 0.15) is 24.2 Å². The van der Waals surface area contributed by atoms with Crippen LogP contribution in [0.25, 0.3) is 0 Å². The molecule has 1 spiro atoms. The van der Waals surface area contributed by atoms with E-state index in [1.165, 1.54) is 24.2 Å². The van der Waals surface area contributed by atoms with Crippen molar-refractivity contribution >= 4 is 33.1 Å². The van der Waals surface area contributed by atoms with Gasteiger partial charge < -0.3 is 15.4 Å².